The highest BCUT2D eigenvalue weighted by Gasteiger charge is 2.14. The molecule has 0 aliphatic heterocycles. The Kier molecular flexibility index (Phi) is 4.08. The lowest BCUT2D eigenvalue weighted by atomic mass is 10.2. The summed E-state index contributed by atoms with van der Waals surface area (Å²) >= 11 is 1.73. The van der Waals surface area contributed by atoms with E-state index < -0.39 is 0 Å². The lowest BCUT2D eigenvalue weighted by Gasteiger charge is -2.06. The fraction of sp³-hybridized carbons (Fsp3) is 0.353. The smallest absolute Gasteiger partial charge is 0.164 e. The van der Waals surface area contributed by atoms with Crippen LogP contribution in [0.25, 0.3) is 21.7 Å². The number of furan rings is 1. The van der Waals surface area contributed by atoms with Crippen molar-refractivity contribution in [1.82, 2.24) is 10.3 Å². The molecule has 3 nitrogen and oxygen atoms in total. The maximum atomic E-state index is 5.92. The summed E-state index contributed by atoms with van der Waals surface area (Å²) in [5, 5.41) is 5.57. The van der Waals surface area contributed by atoms with Crippen LogP contribution in [0.3, 0.4) is 0 Å². The van der Waals surface area contributed by atoms with Crippen molar-refractivity contribution in [3.05, 3.63) is 40.9 Å². The maximum Gasteiger partial charge on any atom is 0.164 e. The lowest BCUT2D eigenvalue weighted by molar-refractivity contribution is 0.590. The maximum absolute atomic E-state index is 5.92. The number of aromatic nitrogens is 1. The van der Waals surface area contributed by atoms with Crippen LogP contribution in [0, 0.1) is 0 Å². The van der Waals surface area contributed by atoms with Crippen LogP contribution in [0.4, 0.5) is 0 Å². The average Bonchev–Trinajstić information content (AvgIpc) is 3.08. The van der Waals surface area contributed by atoms with Crippen molar-refractivity contribution in [2.75, 3.05) is 0 Å². The Morgan fingerprint density at radius 2 is 2.10 bits per heavy atom. The molecule has 0 unspecified atom stereocenters. The molecule has 0 amide bonds. The molecule has 0 fully saturated rings. The molecule has 4 heteroatoms. The molecular formula is C17H20N2OS. The number of fused-ring (bicyclic) bond motifs is 1. The molecule has 21 heavy (non-hydrogen) atoms. The van der Waals surface area contributed by atoms with Gasteiger partial charge in [0, 0.05) is 22.8 Å². The highest BCUT2D eigenvalue weighted by molar-refractivity contribution is 7.15. The number of benzene rings is 1. The molecule has 1 aromatic carbocycles. The Morgan fingerprint density at radius 3 is 2.81 bits per heavy atom. The van der Waals surface area contributed by atoms with Crippen molar-refractivity contribution in [3.63, 3.8) is 0 Å². The summed E-state index contributed by atoms with van der Waals surface area (Å²) in [5.74, 6) is 0.867. The van der Waals surface area contributed by atoms with Gasteiger partial charge in [0.25, 0.3) is 0 Å². The van der Waals surface area contributed by atoms with Crippen molar-refractivity contribution in [3.8, 4) is 10.8 Å². The number of nitrogens with zero attached hydrogens (tertiary/aromatic N) is 1. The normalized spacial score (nSPS) is 11.6. The second kappa shape index (κ2) is 6.00. The number of para-hydroxylation sites is 1. The number of hydrogen-bond acceptors (Lipinski definition) is 4. The zero-order chi connectivity index (χ0) is 14.8. The predicted molar refractivity (Wildman–Crippen MR) is 88.7 cm³/mol. The zero-order valence-corrected chi connectivity index (χ0v) is 13.5. The monoisotopic (exact) mass is 300 g/mol. The topological polar surface area (TPSA) is 38.1 Å². The summed E-state index contributed by atoms with van der Waals surface area (Å²) in [6.45, 7) is 7.34. The molecule has 0 aliphatic carbocycles. The van der Waals surface area contributed by atoms with Crippen LogP contribution in [-0.2, 0) is 13.0 Å². The molecule has 0 atom stereocenters. The van der Waals surface area contributed by atoms with Crippen LogP contribution in [0.15, 0.2) is 34.7 Å². The number of hydrogen-bond donors (Lipinski definition) is 1. The van der Waals surface area contributed by atoms with Crippen LogP contribution in [-0.4, -0.2) is 11.0 Å². The van der Waals surface area contributed by atoms with E-state index in [1.165, 1.54) is 10.6 Å². The van der Waals surface area contributed by atoms with Gasteiger partial charge < -0.3 is 9.73 Å². The summed E-state index contributed by atoms with van der Waals surface area (Å²) in [6, 6.07) is 10.6. The van der Waals surface area contributed by atoms with Gasteiger partial charge in [0.15, 0.2) is 10.8 Å². The quantitative estimate of drug-likeness (QED) is 0.747. The van der Waals surface area contributed by atoms with E-state index in [4.69, 9.17) is 9.40 Å². The van der Waals surface area contributed by atoms with Crippen LogP contribution in [0.1, 0.15) is 31.3 Å². The molecule has 110 valence electrons. The summed E-state index contributed by atoms with van der Waals surface area (Å²) in [4.78, 5) is 6.06. The number of rotatable bonds is 5. The van der Waals surface area contributed by atoms with Crippen molar-refractivity contribution in [1.29, 1.82) is 0 Å². The van der Waals surface area contributed by atoms with Crippen molar-refractivity contribution < 1.29 is 4.42 Å². The van der Waals surface area contributed by atoms with Crippen molar-refractivity contribution in [2.45, 2.75) is 39.8 Å². The average molecular weight is 300 g/mol. The number of aryl methyl sites for hydroxylation is 1. The molecule has 0 bridgehead atoms. The molecule has 0 aliphatic rings. The first-order valence-corrected chi connectivity index (χ1v) is 8.20. The Bertz CT molecular complexity index is 709. The molecule has 3 aromatic rings. The van der Waals surface area contributed by atoms with Crippen molar-refractivity contribution in [2.24, 2.45) is 0 Å². The summed E-state index contributed by atoms with van der Waals surface area (Å²) in [5.41, 5.74) is 2.09. The minimum Gasteiger partial charge on any atom is -0.454 e. The standard InChI is InChI=1S/C17H20N2OS/c1-4-13-16(10-18-11(2)3)21-17(19-13)15-9-12-7-5-6-8-14(12)20-15/h5-9,11,18H,4,10H2,1-3H3. The second-order valence-corrected chi connectivity index (χ2v) is 6.51. The summed E-state index contributed by atoms with van der Waals surface area (Å²) in [7, 11) is 0. The van der Waals surface area contributed by atoms with Gasteiger partial charge in [-0.15, -0.1) is 11.3 Å². The fourth-order valence-corrected chi connectivity index (χ4v) is 3.34. The van der Waals surface area contributed by atoms with Gasteiger partial charge in [-0.3, -0.25) is 0 Å². The molecule has 0 saturated heterocycles. The van der Waals surface area contributed by atoms with Gasteiger partial charge in [-0.2, -0.15) is 0 Å². The van der Waals surface area contributed by atoms with E-state index in [2.05, 4.69) is 38.2 Å². The molecule has 1 N–H and O–H groups in total. The third-order valence-electron chi connectivity index (χ3n) is 3.42. The van der Waals surface area contributed by atoms with Gasteiger partial charge in [-0.1, -0.05) is 39.0 Å². The van der Waals surface area contributed by atoms with Gasteiger partial charge in [0.05, 0.1) is 5.69 Å². The first kappa shape index (κ1) is 14.3. The Labute approximate surface area is 129 Å². The minimum atomic E-state index is 0.478. The second-order valence-electron chi connectivity index (χ2n) is 5.43. The van der Waals surface area contributed by atoms with Crippen molar-refractivity contribution >= 4 is 22.3 Å². The Balaban J connectivity index is 1.94. The van der Waals surface area contributed by atoms with E-state index in [1.54, 1.807) is 11.3 Å². The van der Waals surface area contributed by atoms with Crippen LogP contribution >= 0.6 is 11.3 Å². The summed E-state index contributed by atoms with van der Waals surface area (Å²) in [6.07, 6.45) is 0.950. The van der Waals surface area contributed by atoms with Gasteiger partial charge in [-0.05, 0) is 18.6 Å². The van der Waals surface area contributed by atoms with E-state index in [0.717, 1.165) is 34.7 Å². The fourth-order valence-electron chi connectivity index (χ4n) is 2.29. The van der Waals surface area contributed by atoms with Crippen LogP contribution in [0.2, 0.25) is 0 Å². The molecule has 0 saturated carbocycles. The van der Waals surface area contributed by atoms with Gasteiger partial charge in [0.1, 0.15) is 5.58 Å². The predicted octanol–water partition coefficient (Wildman–Crippen LogP) is 4.62. The van der Waals surface area contributed by atoms with E-state index in [0.29, 0.717) is 6.04 Å². The zero-order valence-electron chi connectivity index (χ0n) is 12.6. The molecule has 2 aromatic heterocycles. The highest BCUT2D eigenvalue weighted by Crippen LogP contribution is 2.32. The highest BCUT2D eigenvalue weighted by atomic mass is 32.1. The van der Waals surface area contributed by atoms with E-state index >= 15 is 0 Å². The molecule has 2 heterocycles. The molecule has 0 spiro atoms. The van der Waals surface area contributed by atoms with E-state index in [9.17, 15) is 0 Å². The number of thiazole rings is 1. The van der Waals surface area contributed by atoms with E-state index in [-0.39, 0.29) is 0 Å². The molecule has 0 radical (unpaired) electrons. The van der Waals surface area contributed by atoms with Gasteiger partial charge in [-0.25, -0.2) is 4.98 Å². The van der Waals surface area contributed by atoms with E-state index in [1.807, 2.05) is 18.2 Å². The van der Waals surface area contributed by atoms with Crippen LogP contribution < -0.4 is 5.32 Å². The third-order valence-corrected chi connectivity index (χ3v) is 4.53. The first-order chi connectivity index (χ1) is 10.2. The third kappa shape index (κ3) is 3.01. The summed E-state index contributed by atoms with van der Waals surface area (Å²) < 4.78 is 5.92. The Morgan fingerprint density at radius 1 is 1.29 bits per heavy atom. The largest absolute Gasteiger partial charge is 0.454 e. The first-order valence-electron chi connectivity index (χ1n) is 7.38. The molecule has 3 rings (SSSR count). The van der Waals surface area contributed by atoms with Gasteiger partial charge >= 0.3 is 0 Å². The van der Waals surface area contributed by atoms with Gasteiger partial charge in [0.2, 0.25) is 0 Å². The number of nitrogens with one attached hydrogen (secondary N) is 1. The lowest BCUT2D eigenvalue weighted by Crippen LogP contribution is -2.21. The van der Waals surface area contributed by atoms with Crippen LogP contribution in [0.5, 0.6) is 0 Å². The molecular weight excluding hydrogens is 280 g/mol. The Hall–Kier alpha value is -1.65. The SMILES string of the molecule is CCc1nc(-c2cc3ccccc3o2)sc1CNC(C)C. The minimum absolute atomic E-state index is 0.478.